The van der Waals surface area contributed by atoms with Crippen LogP contribution in [0, 0.1) is 0 Å². The maximum Gasteiger partial charge on any atom is 0.251 e. The Morgan fingerprint density at radius 3 is 2.32 bits per heavy atom. The number of pyridine rings is 1. The van der Waals surface area contributed by atoms with E-state index in [0.717, 1.165) is 0 Å². The fourth-order valence-electron chi connectivity index (χ4n) is 1.76. The Bertz CT molecular complexity index is 682. The number of Topliss-reactive ketones (excluding diaryl/α,β-unsaturated/α-hetero) is 1. The van der Waals surface area contributed by atoms with Crippen LogP contribution in [0.4, 0.5) is 5.69 Å². The molecule has 22 heavy (non-hydrogen) atoms. The summed E-state index contributed by atoms with van der Waals surface area (Å²) in [4.78, 5) is 38.6. The first kappa shape index (κ1) is 15.4. The molecule has 0 radical (unpaired) electrons. The van der Waals surface area contributed by atoms with Crippen molar-refractivity contribution < 1.29 is 14.4 Å². The van der Waals surface area contributed by atoms with Crippen LogP contribution in [-0.4, -0.2) is 29.1 Å². The predicted octanol–water partition coefficient (Wildman–Crippen LogP) is 1.65. The summed E-state index contributed by atoms with van der Waals surface area (Å²) in [5, 5.41) is 5.12. The van der Waals surface area contributed by atoms with Crippen LogP contribution in [0.1, 0.15) is 27.6 Å². The van der Waals surface area contributed by atoms with E-state index in [0.29, 0.717) is 16.8 Å². The molecule has 0 aliphatic heterocycles. The highest BCUT2D eigenvalue weighted by Gasteiger charge is 2.09. The Labute approximate surface area is 127 Å². The molecule has 1 aromatic heterocycles. The summed E-state index contributed by atoms with van der Waals surface area (Å²) in [6, 6.07) is 9.65. The molecule has 2 rings (SSSR count). The van der Waals surface area contributed by atoms with E-state index >= 15 is 0 Å². The molecular weight excluding hydrogens is 282 g/mol. The van der Waals surface area contributed by atoms with Gasteiger partial charge in [0.15, 0.2) is 5.78 Å². The summed E-state index contributed by atoms with van der Waals surface area (Å²) >= 11 is 0. The molecule has 0 fully saturated rings. The fourth-order valence-corrected chi connectivity index (χ4v) is 1.76. The first-order valence-corrected chi connectivity index (χ1v) is 6.65. The molecule has 0 atom stereocenters. The van der Waals surface area contributed by atoms with E-state index in [4.69, 9.17) is 0 Å². The molecule has 1 aromatic carbocycles. The van der Waals surface area contributed by atoms with Gasteiger partial charge in [-0.1, -0.05) is 12.1 Å². The van der Waals surface area contributed by atoms with Gasteiger partial charge >= 0.3 is 0 Å². The molecule has 0 unspecified atom stereocenters. The van der Waals surface area contributed by atoms with Crippen LogP contribution in [-0.2, 0) is 4.79 Å². The minimum absolute atomic E-state index is 0.0668. The van der Waals surface area contributed by atoms with E-state index in [2.05, 4.69) is 15.6 Å². The van der Waals surface area contributed by atoms with E-state index in [9.17, 15) is 14.4 Å². The normalized spacial score (nSPS) is 9.86. The molecule has 6 heteroatoms. The Hall–Kier alpha value is -3.02. The average Bonchev–Trinajstić information content (AvgIpc) is 2.53. The van der Waals surface area contributed by atoms with E-state index in [1.165, 1.54) is 13.1 Å². The number of hydrogen-bond donors (Lipinski definition) is 2. The van der Waals surface area contributed by atoms with Crippen LogP contribution < -0.4 is 10.6 Å². The van der Waals surface area contributed by atoms with Gasteiger partial charge < -0.3 is 10.6 Å². The number of benzene rings is 1. The van der Waals surface area contributed by atoms with Crippen molar-refractivity contribution in [2.24, 2.45) is 0 Å². The largest absolute Gasteiger partial charge is 0.343 e. The zero-order valence-corrected chi connectivity index (χ0v) is 12.0. The lowest BCUT2D eigenvalue weighted by molar-refractivity contribution is -0.115. The molecule has 2 N–H and O–H groups in total. The third-order valence-corrected chi connectivity index (χ3v) is 2.91. The summed E-state index contributed by atoms with van der Waals surface area (Å²) in [6.07, 6.45) is 3.11. The minimum Gasteiger partial charge on any atom is -0.343 e. The summed E-state index contributed by atoms with van der Waals surface area (Å²) < 4.78 is 0. The second-order valence-electron chi connectivity index (χ2n) is 4.61. The summed E-state index contributed by atoms with van der Waals surface area (Å²) in [7, 11) is 0. The highest BCUT2D eigenvalue weighted by molar-refractivity contribution is 6.00. The van der Waals surface area contributed by atoms with Crippen LogP contribution in [0.2, 0.25) is 0 Å². The number of aromatic nitrogens is 1. The van der Waals surface area contributed by atoms with Crippen molar-refractivity contribution in [2.75, 3.05) is 11.9 Å². The van der Waals surface area contributed by atoms with Gasteiger partial charge in [0.1, 0.15) is 0 Å². The standard InChI is InChI=1S/C16H15N3O3/c1-11(20)12-4-6-13(7-5-12)16(22)18-10-15(21)19-14-3-2-8-17-9-14/h2-9H,10H2,1H3,(H,18,22)(H,19,21). The quantitative estimate of drug-likeness (QED) is 0.821. The van der Waals surface area contributed by atoms with Gasteiger partial charge in [-0.15, -0.1) is 0 Å². The number of rotatable bonds is 5. The lowest BCUT2D eigenvalue weighted by Gasteiger charge is -2.07. The van der Waals surface area contributed by atoms with Gasteiger partial charge in [0.2, 0.25) is 5.91 Å². The smallest absolute Gasteiger partial charge is 0.251 e. The van der Waals surface area contributed by atoms with Gasteiger partial charge in [-0.2, -0.15) is 0 Å². The molecule has 0 bridgehead atoms. The van der Waals surface area contributed by atoms with Crippen molar-refractivity contribution in [2.45, 2.75) is 6.92 Å². The van der Waals surface area contributed by atoms with Gasteiger partial charge in [0.25, 0.3) is 5.91 Å². The predicted molar refractivity (Wildman–Crippen MR) is 81.6 cm³/mol. The van der Waals surface area contributed by atoms with Gasteiger partial charge in [-0.05, 0) is 31.2 Å². The van der Waals surface area contributed by atoms with Crippen LogP contribution in [0.15, 0.2) is 48.8 Å². The van der Waals surface area contributed by atoms with Crippen LogP contribution in [0.3, 0.4) is 0 Å². The van der Waals surface area contributed by atoms with Crippen molar-refractivity contribution in [3.63, 3.8) is 0 Å². The van der Waals surface area contributed by atoms with Crippen LogP contribution in [0.25, 0.3) is 0 Å². The number of anilines is 1. The van der Waals surface area contributed by atoms with Crippen LogP contribution >= 0.6 is 0 Å². The summed E-state index contributed by atoms with van der Waals surface area (Å²) in [6.45, 7) is 1.31. The molecule has 0 aliphatic rings. The van der Waals surface area contributed by atoms with Crippen LogP contribution in [0.5, 0.6) is 0 Å². The number of hydrogen-bond acceptors (Lipinski definition) is 4. The summed E-state index contributed by atoms with van der Waals surface area (Å²) in [5.41, 5.74) is 1.48. The van der Waals surface area contributed by atoms with Crippen molar-refractivity contribution in [1.82, 2.24) is 10.3 Å². The second kappa shape index (κ2) is 7.12. The average molecular weight is 297 g/mol. The molecule has 0 saturated heterocycles. The SMILES string of the molecule is CC(=O)c1ccc(C(=O)NCC(=O)Nc2cccnc2)cc1. The highest BCUT2D eigenvalue weighted by atomic mass is 16.2. The number of carbonyl (C=O) groups is 3. The highest BCUT2D eigenvalue weighted by Crippen LogP contribution is 2.05. The Kier molecular flexibility index (Phi) is 4.98. The van der Waals surface area contributed by atoms with Crippen molar-refractivity contribution in [3.05, 3.63) is 59.9 Å². The second-order valence-corrected chi connectivity index (χ2v) is 4.61. The third kappa shape index (κ3) is 4.24. The maximum absolute atomic E-state index is 11.9. The fraction of sp³-hybridized carbons (Fsp3) is 0.125. The molecular formula is C16H15N3O3. The first-order chi connectivity index (χ1) is 10.6. The lowest BCUT2D eigenvalue weighted by Crippen LogP contribution is -2.32. The molecule has 2 amide bonds. The van der Waals surface area contributed by atoms with Crippen molar-refractivity contribution in [1.29, 1.82) is 0 Å². The van der Waals surface area contributed by atoms with Gasteiger partial charge in [0, 0.05) is 17.3 Å². The minimum atomic E-state index is -0.378. The Balaban J connectivity index is 1.87. The van der Waals surface area contributed by atoms with Gasteiger partial charge in [-0.25, -0.2) is 0 Å². The zero-order valence-electron chi connectivity index (χ0n) is 12.0. The van der Waals surface area contributed by atoms with Gasteiger partial charge in [-0.3, -0.25) is 19.4 Å². The maximum atomic E-state index is 11.9. The topological polar surface area (TPSA) is 88.2 Å². The molecule has 0 aliphatic carbocycles. The lowest BCUT2D eigenvalue weighted by atomic mass is 10.1. The monoisotopic (exact) mass is 297 g/mol. The molecule has 0 saturated carbocycles. The molecule has 2 aromatic rings. The third-order valence-electron chi connectivity index (χ3n) is 2.91. The number of carbonyl (C=O) groups excluding carboxylic acids is 3. The number of ketones is 1. The molecule has 6 nitrogen and oxygen atoms in total. The van der Waals surface area contributed by atoms with Gasteiger partial charge in [0.05, 0.1) is 18.4 Å². The van der Waals surface area contributed by atoms with E-state index in [-0.39, 0.29) is 24.1 Å². The number of nitrogens with one attached hydrogen (secondary N) is 2. The molecule has 112 valence electrons. The van der Waals surface area contributed by atoms with E-state index < -0.39 is 0 Å². The molecule has 0 spiro atoms. The first-order valence-electron chi connectivity index (χ1n) is 6.65. The van der Waals surface area contributed by atoms with E-state index in [1.54, 1.807) is 42.6 Å². The summed E-state index contributed by atoms with van der Waals surface area (Å²) in [5.74, 6) is -0.791. The molecule has 1 heterocycles. The zero-order chi connectivity index (χ0) is 15.9. The Morgan fingerprint density at radius 1 is 1.05 bits per heavy atom. The van der Waals surface area contributed by atoms with E-state index in [1.807, 2.05) is 0 Å². The van der Waals surface area contributed by atoms with Crippen molar-refractivity contribution in [3.8, 4) is 0 Å². The number of nitrogens with zero attached hydrogens (tertiary/aromatic N) is 1. The van der Waals surface area contributed by atoms with Crippen molar-refractivity contribution >= 4 is 23.3 Å². The Morgan fingerprint density at radius 2 is 1.73 bits per heavy atom. The number of amides is 2.